The van der Waals surface area contributed by atoms with Crippen molar-refractivity contribution in [3.63, 3.8) is 0 Å². The lowest BCUT2D eigenvalue weighted by Crippen LogP contribution is -2.54. The van der Waals surface area contributed by atoms with E-state index in [0.717, 1.165) is 6.42 Å². The third-order valence-electron chi connectivity index (χ3n) is 3.59. The molecule has 23 heavy (non-hydrogen) atoms. The van der Waals surface area contributed by atoms with Gasteiger partial charge in [0.2, 0.25) is 11.8 Å². The highest BCUT2D eigenvalue weighted by atomic mass is 16.4. The van der Waals surface area contributed by atoms with Crippen LogP contribution in [0.15, 0.2) is 12.5 Å². The second kappa shape index (κ2) is 8.89. The Hall–Kier alpha value is -2.42. The summed E-state index contributed by atoms with van der Waals surface area (Å²) in [6, 6.07) is -1.67. The fourth-order valence-corrected chi connectivity index (χ4v) is 1.89. The Morgan fingerprint density at radius 1 is 1.39 bits per heavy atom. The second-order valence-corrected chi connectivity index (χ2v) is 5.37. The van der Waals surface area contributed by atoms with Gasteiger partial charge in [-0.05, 0) is 5.92 Å². The van der Waals surface area contributed by atoms with Crippen LogP contribution in [-0.2, 0) is 20.8 Å². The summed E-state index contributed by atoms with van der Waals surface area (Å²) >= 11 is 0. The number of aromatic nitrogens is 2. The van der Waals surface area contributed by atoms with Gasteiger partial charge >= 0.3 is 5.97 Å². The van der Waals surface area contributed by atoms with E-state index in [2.05, 4.69) is 20.6 Å². The maximum atomic E-state index is 12.2. The van der Waals surface area contributed by atoms with Crippen molar-refractivity contribution in [2.75, 3.05) is 6.54 Å². The van der Waals surface area contributed by atoms with Crippen LogP contribution in [0.1, 0.15) is 26.0 Å². The fraction of sp³-hybridized carbons (Fsp3) is 0.571. The van der Waals surface area contributed by atoms with E-state index in [0.29, 0.717) is 5.69 Å². The first-order chi connectivity index (χ1) is 10.8. The van der Waals surface area contributed by atoms with Crippen molar-refractivity contribution in [2.45, 2.75) is 38.8 Å². The lowest BCUT2D eigenvalue weighted by molar-refractivity contribution is -0.138. The molecule has 0 saturated carbocycles. The van der Waals surface area contributed by atoms with Crippen molar-refractivity contribution in [3.05, 3.63) is 18.2 Å². The van der Waals surface area contributed by atoms with Gasteiger partial charge in [0.05, 0.1) is 12.4 Å². The molecule has 0 radical (unpaired) electrons. The van der Waals surface area contributed by atoms with Gasteiger partial charge in [0.1, 0.15) is 12.6 Å². The van der Waals surface area contributed by atoms with Crippen LogP contribution >= 0.6 is 0 Å². The Labute approximate surface area is 134 Å². The second-order valence-electron chi connectivity index (χ2n) is 5.37. The number of amides is 2. The number of hydrogen-bond donors (Lipinski definition) is 5. The molecule has 2 amide bonds. The van der Waals surface area contributed by atoms with Gasteiger partial charge in [0.15, 0.2) is 0 Å². The number of hydrogen-bond acceptors (Lipinski definition) is 5. The molecule has 0 saturated heterocycles. The molecule has 1 heterocycles. The number of nitrogens with one attached hydrogen (secondary N) is 3. The molecule has 128 valence electrons. The average Bonchev–Trinajstić information content (AvgIpc) is 3.03. The quantitative estimate of drug-likeness (QED) is 0.393. The minimum absolute atomic E-state index is 0.0371. The molecule has 9 heteroatoms. The van der Waals surface area contributed by atoms with Crippen molar-refractivity contribution >= 4 is 17.8 Å². The van der Waals surface area contributed by atoms with Crippen LogP contribution in [-0.4, -0.2) is 51.5 Å². The van der Waals surface area contributed by atoms with Gasteiger partial charge in [-0.3, -0.25) is 14.4 Å². The summed E-state index contributed by atoms with van der Waals surface area (Å²) in [5.41, 5.74) is 6.49. The Morgan fingerprint density at radius 3 is 2.61 bits per heavy atom. The zero-order valence-corrected chi connectivity index (χ0v) is 13.2. The highest BCUT2D eigenvalue weighted by Crippen LogP contribution is 2.06. The number of carbonyl (C=O) groups excluding carboxylic acids is 2. The molecular weight excluding hydrogens is 302 g/mol. The Balaban J connectivity index is 2.75. The van der Waals surface area contributed by atoms with Gasteiger partial charge in [0.25, 0.3) is 0 Å². The normalized spacial score (nSPS) is 14.6. The monoisotopic (exact) mass is 325 g/mol. The minimum atomic E-state index is -1.17. The van der Waals surface area contributed by atoms with Crippen molar-refractivity contribution in [2.24, 2.45) is 11.7 Å². The lowest BCUT2D eigenvalue weighted by Gasteiger charge is -2.22. The van der Waals surface area contributed by atoms with Crippen LogP contribution in [0, 0.1) is 5.92 Å². The summed E-state index contributed by atoms with van der Waals surface area (Å²) in [6.45, 7) is 3.24. The van der Waals surface area contributed by atoms with E-state index in [1.54, 1.807) is 0 Å². The predicted octanol–water partition coefficient (Wildman–Crippen LogP) is -0.989. The molecule has 9 nitrogen and oxygen atoms in total. The van der Waals surface area contributed by atoms with Crippen LogP contribution in [0.5, 0.6) is 0 Å². The number of rotatable bonds is 9. The maximum absolute atomic E-state index is 12.2. The minimum Gasteiger partial charge on any atom is -0.480 e. The van der Waals surface area contributed by atoms with E-state index in [9.17, 15) is 14.4 Å². The number of imidazole rings is 1. The molecule has 0 fully saturated rings. The predicted molar refractivity (Wildman–Crippen MR) is 82.3 cm³/mol. The number of nitrogens with two attached hydrogens (primary N) is 1. The summed E-state index contributed by atoms with van der Waals surface area (Å²) < 4.78 is 0. The first-order valence-corrected chi connectivity index (χ1v) is 7.37. The van der Waals surface area contributed by atoms with Gasteiger partial charge in [-0.25, -0.2) is 4.98 Å². The fourth-order valence-electron chi connectivity index (χ4n) is 1.89. The molecule has 0 aliphatic carbocycles. The van der Waals surface area contributed by atoms with Crippen LogP contribution in [0.3, 0.4) is 0 Å². The molecule has 1 aromatic heterocycles. The average molecular weight is 325 g/mol. The smallest absolute Gasteiger partial charge is 0.322 e. The van der Waals surface area contributed by atoms with Crippen LogP contribution < -0.4 is 16.4 Å². The number of aliphatic carboxylic acids is 1. The highest BCUT2D eigenvalue weighted by molar-refractivity contribution is 5.91. The largest absolute Gasteiger partial charge is 0.480 e. The summed E-state index contributed by atoms with van der Waals surface area (Å²) in [5.74, 6) is -2.24. The first-order valence-electron chi connectivity index (χ1n) is 7.37. The van der Waals surface area contributed by atoms with E-state index in [1.165, 1.54) is 12.5 Å². The van der Waals surface area contributed by atoms with Gasteiger partial charge in [0, 0.05) is 18.3 Å². The molecule has 0 aliphatic heterocycles. The van der Waals surface area contributed by atoms with E-state index in [-0.39, 0.29) is 12.3 Å². The van der Waals surface area contributed by atoms with Crippen molar-refractivity contribution in [1.29, 1.82) is 0 Å². The number of aromatic amines is 1. The summed E-state index contributed by atoms with van der Waals surface area (Å²) in [4.78, 5) is 41.5. The number of nitrogens with zero attached hydrogens (tertiary/aromatic N) is 1. The Morgan fingerprint density at radius 2 is 2.09 bits per heavy atom. The molecule has 0 aliphatic rings. The molecule has 3 atom stereocenters. The zero-order valence-electron chi connectivity index (χ0n) is 13.2. The van der Waals surface area contributed by atoms with Crippen molar-refractivity contribution in [3.8, 4) is 0 Å². The highest BCUT2D eigenvalue weighted by Gasteiger charge is 2.26. The molecule has 0 spiro atoms. The standard InChI is InChI=1S/C14H23N5O4/c1-3-8(2)12(15)14(23)19-10(4-9-5-16-7-18-9)13(22)17-6-11(20)21/h5,7-8,10,12H,3-4,6,15H2,1-2H3,(H,16,18)(H,17,22)(H,19,23)(H,20,21)/t8-,10-,12-/m0/s1. The van der Waals surface area contributed by atoms with Gasteiger partial charge < -0.3 is 26.5 Å². The van der Waals surface area contributed by atoms with Crippen LogP contribution in [0.4, 0.5) is 0 Å². The molecule has 0 aromatic carbocycles. The number of carboxylic acids is 1. The molecule has 0 unspecified atom stereocenters. The summed E-state index contributed by atoms with van der Waals surface area (Å²) in [6.07, 6.45) is 3.86. The van der Waals surface area contributed by atoms with E-state index in [4.69, 9.17) is 10.8 Å². The van der Waals surface area contributed by atoms with Crippen LogP contribution in [0.2, 0.25) is 0 Å². The van der Waals surface area contributed by atoms with Crippen molar-refractivity contribution < 1.29 is 19.5 Å². The molecule has 1 aromatic rings. The molecule has 0 bridgehead atoms. The third-order valence-corrected chi connectivity index (χ3v) is 3.59. The number of carboxylic acid groups (broad SMARTS) is 1. The lowest BCUT2D eigenvalue weighted by atomic mass is 9.99. The summed E-state index contributed by atoms with van der Waals surface area (Å²) in [5, 5.41) is 13.5. The SMILES string of the molecule is CC[C@H](C)[C@H](N)C(=O)N[C@@H](Cc1cnc[nH]1)C(=O)NCC(=O)O. The third kappa shape index (κ3) is 6.07. The van der Waals surface area contributed by atoms with E-state index < -0.39 is 36.4 Å². The molecule has 1 rings (SSSR count). The summed E-state index contributed by atoms with van der Waals surface area (Å²) in [7, 11) is 0. The van der Waals surface area contributed by atoms with Crippen molar-refractivity contribution in [1.82, 2.24) is 20.6 Å². The van der Waals surface area contributed by atoms with Gasteiger partial charge in [-0.1, -0.05) is 20.3 Å². The maximum Gasteiger partial charge on any atom is 0.322 e. The number of H-pyrrole nitrogens is 1. The topological polar surface area (TPSA) is 150 Å². The van der Waals surface area contributed by atoms with E-state index >= 15 is 0 Å². The Bertz CT molecular complexity index is 531. The van der Waals surface area contributed by atoms with Gasteiger partial charge in [-0.2, -0.15) is 0 Å². The Kier molecular flexibility index (Phi) is 7.20. The van der Waals surface area contributed by atoms with Gasteiger partial charge in [-0.15, -0.1) is 0 Å². The zero-order chi connectivity index (χ0) is 17.4. The van der Waals surface area contributed by atoms with Crippen LogP contribution in [0.25, 0.3) is 0 Å². The van der Waals surface area contributed by atoms with E-state index in [1.807, 2.05) is 13.8 Å². The first kappa shape index (κ1) is 18.6. The number of carbonyl (C=O) groups is 3. The molecule has 6 N–H and O–H groups in total. The molecular formula is C14H23N5O4.